The van der Waals surface area contributed by atoms with Crippen LogP contribution in [-0.2, 0) is 10.0 Å². The molecule has 0 aliphatic heterocycles. The average molecular weight is 305 g/mol. The van der Waals surface area contributed by atoms with Gasteiger partial charge in [0.1, 0.15) is 17.6 Å². The molecule has 0 amide bonds. The number of H-pyrrole nitrogens is 1. The maximum Gasteiger partial charge on any atom is 0.265 e. The lowest BCUT2D eigenvalue weighted by molar-refractivity contribution is 0.600. The van der Waals surface area contributed by atoms with Crippen LogP contribution in [0.5, 0.6) is 0 Å². The lowest BCUT2D eigenvalue weighted by Crippen LogP contribution is -2.13. The number of aryl methyl sites for hydroxylation is 1. The van der Waals surface area contributed by atoms with Gasteiger partial charge in [-0.25, -0.2) is 23.1 Å². The Kier molecular flexibility index (Phi) is 3.14. The molecule has 0 atom stereocenters. The van der Waals surface area contributed by atoms with E-state index in [-0.39, 0.29) is 4.90 Å². The van der Waals surface area contributed by atoms with Crippen molar-refractivity contribution in [3.8, 4) is 5.82 Å². The minimum Gasteiger partial charge on any atom is -0.281 e. The zero-order valence-electron chi connectivity index (χ0n) is 10.9. The van der Waals surface area contributed by atoms with Gasteiger partial charge in [-0.2, -0.15) is 10.2 Å². The van der Waals surface area contributed by atoms with Crippen molar-refractivity contribution in [1.29, 1.82) is 0 Å². The fourth-order valence-electron chi connectivity index (χ4n) is 1.73. The second-order valence-corrected chi connectivity index (χ2v) is 5.86. The van der Waals surface area contributed by atoms with Gasteiger partial charge < -0.3 is 0 Å². The minimum absolute atomic E-state index is 0.0999. The Morgan fingerprint density at radius 2 is 2.14 bits per heavy atom. The van der Waals surface area contributed by atoms with Gasteiger partial charge in [0.2, 0.25) is 0 Å². The molecular formula is C11H11N7O2S. The van der Waals surface area contributed by atoms with E-state index in [1.807, 2.05) is 0 Å². The van der Waals surface area contributed by atoms with Gasteiger partial charge >= 0.3 is 0 Å². The lowest BCUT2D eigenvalue weighted by atomic mass is 10.4. The summed E-state index contributed by atoms with van der Waals surface area (Å²) in [5.74, 6) is 0.537. The Labute approximate surface area is 120 Å². The van der Waals surface area contributed by atoms with Gasteiger partial charge in [-0.05, 0) is 19.1 Å². The monoisotopic (exact) mass is 305 g/mol. The predicted molar refractivity (Wildman–Crippen MR) is 73.3 cm³/mol. The van der Waals surface area contributed by atoms with E-state index >= 15 is 0 Å². The number of hydrogen-bond donors (Lipinski definition) is 2. The van der Waals surface area contributed by atoms with E-state index in [9.17, 15) is 8.42 Å². The molecular weight excluding hydrogens is 294 g/mol. The van der Waals surface area contributed by atoms with Gasteiger partial charge in [0.25, 0.3) is 10.0 Å². The maximum atomic E-state index is 12.2. The highest BCUT2D eigenvalue weighted by molar-refractivity contribution is 7.92. The van der Waals surface area contributed by atoms with Crippen LogP contribution in [0.4, 0.5) is 5.69 Å². The van der Waals surface area contributed by atoms with E-state index in [1.54, 1.807) is 19.1 Å². The van der Waals surface area contributed by atoms with E-state index < -0.39 is 10.0 Å². The minimum atomic E-state index is -3.69. The maximum absolute atomic E-state index is 12.2. The summed E-state index contributed by atoms with van der Waals surface area (Å²) < 4.78 is 28.3. The molecule has 21 heavy (non-hydrogen) atoms. The van der Waals surface area contributed by atoms with E-state index in [1.165, 1.54) is 29.7 Å². The highest BCUT2D eigenvalue weighted by Crippen LogP contribution is 2.17. The Morgan fingerprint density at radius 1 is 1.29 bits per heavy atom. The number of pyridine rings is 1. The van der Waals surface area contributed by atoms with Crippen LogP contribution in [0.25, 0.3) is 5.82 Å². The largest absolute Gasteiger partial charge is 0.281 e. The Morgan fingerprint density at radius 3 is 2.71 bits per heavy atom. The van der Waals surface area contributed by atoms with E-state index in [0.717, 1.165) is 0 Å². The number of nitrogens with zero attached hydrogens (tertiary/aromatic N) is 5. The van der Waals surface area contributed by atoms with Crippen LogP contribution in [0.3, 0.4) is 0 Å². The second kappa shape index (κ2) is 4.98. The number of hydrogen-bond acceptors (Lipinski definition) is 6. The van der Waals surface area contributed by atoms with Crippen molar-refractivity contribution in [3.05, 3.63) is 42.9 Å². The first-order valence-corrected chi connectivity index (χ1v) is 7.38. The molecule has 0 aliphatic carbocycles. The van der Waals surface area contributed by atoms with Crippen LogP contribution >= 0.6 is 0 Å². The number of nitrogens with one attached hydrogen (secondary N) is 2. The van der Waals surface area contributed by atoms with Crippen LogP contribution in [0.1, 0.15) is 5.69 Å². The zero-order valence-corrected chi connectivity index (χ0v) is 11.7. The molecule has 0 radical (unpaired) electrons. The molecule has 0 fully saturated rings. The predicted octanol–water partition coefficient (Wildman–Crippen LogP) is 0.495. The number of anilines is 1. The highest BCUT2D eigenvalue weighted by Gasteiger charge is 2.18. The third kappa shape index (κ3) is 2.60. The molecule has 0 aliphatic rings. The molecule has 3 aromatic heterocycles. The molecule has 0 bridgehead atoms. The van der Waals surface area contributed by atoms with Gasteiger partial charge in [-0.1, -0.05) is 0 Å². The van der Waals surface area contributed by atoms with Crippen molar-refractivity contribution >= 4 is 15.7 Å². The molecule has 3 aromatic rings. The first-order chi connectivity index (χ1) is 10.1. The summed E-state index contributed by atoms with van der Waals surface area (Å²) in [6, 6.07) is 3.23. The van der Waals surface area contributed by atoms with Crippen LogP contribution in [0.15, 0.2) is 42.1 Å². The number of sulfonamides is 1. The van der Waals surface area contributed by atoms with Crippen molar-refractivity contribution in [2.24, 2.45) is 0 Å². The van der Waals surface area contributed by atoms with Crippen molar-refractivity contribution in [2.45, 2.75) is 11.8 Å². The number of aromatic nitrogens is 6. The van der Waals surface area contributed by atoms with E-state index in [2.05, 4.69) is 30.0 Å². The SMILES string of the molecule is Cc1[nH]ncc1S(=O)(=O)Nc1ccc(-n2cncn2)nc1. The quantitative estimate of drug-likeness (QED) is 0.724. The van der Waals surface area contributed by atoms with Gasteiger partial charge in [0, 0.05) is 0 Å². The van der Waals surface area contributed by atoms with E-state index in [4.69, 9.17) is 0 Å². The smallest absolute Gasteiger partial charge is 0.265 e. The Balaban J connectivity index is 1.84. The molecule has 108 valence electrons. The van der Waals surface area contributed by atoms with Crippen molar-refractivity contribution in [1.82, 2.24) is 29.9 Å². The van der Waals surface area contributed by atoms with Gasteiger partial charge in [0.15, 0.2) is 5.82 Å². The molecule has 2 N–H and O–H groups in total. The molecule has 10 heteroatoms. The average Bonchev–Trinajstić information content (AvgIpc) is 3.10. The third-order valence-corrected chi connectivity index (χ3v) is 4.22. The molecule has 0 saturated heterocycles. The molecule has 3 heterocycles. The van der Waals surface area contributed by atoms with Gasteiger partial charge in [-0.3, -0.25) is 9.82 Å². The first kappa shape index (κ1) is 13.2. The Hall–Kier alpha value is -2.75. The summed E-state index contributed by atoms with van der Waals surface area (Å²) >= 11 is 0. The summed E-state index contributed by atoms with van der Waals surface area (Å²) in [5.41, 5.74) is 0.814. The fraction of sp³-hybridized carbons (Fsp3) is 0.0909. The van der Waals surface area contributed by atoms with Crippen molar-refractivity contribution < 1.29 is 8.42 Å². The fourth-order valence-corrected chi connectivity index (χ4v) is 2.91. The van der Waals surface area contributed by atoms with Crippen LogP contribution in [0, 0.1) is 6.92 Å². The standard InChI is InChI=1S/C11H11N7O2S/c1-8-10(5-14-16-8)21(19,20)17-9-2-3-11(13-4-9)18-7-12-6-15-18/h2-7,17H,1H3,(H,14,16). The number of rotatable bonds is 4. The molecule has 9 nitrogen and oxygen atoms in total. The molecule has 3 rings (SSSR count). The van der Waals surface area contributed by atoms with Crippen molar-refractivity contribution in [2.75, 3.05) is 4.72 Å². The topological polar surface area (TPSA) is 118 Å². The summed E-state index contributed by atoms with van der Waals surface area (Å²) in [6.45, 7) is 1.63. The summed E-state index contributed by atoms with van der Waals surface area (Å²) in [7, 11) is -3.69. The molecule has 0 unspecified atom stereocenters. The second-order valence-electron chi connectivity index (χ2n) is 4.21. The molecule has 0 spiro atoms. The Bertz CT molecular complexity index is 837. The van der Waals surface area contributed by atoms with Crippen LogP contribution in [0.2, 0.25) is 0 Å². The summed E-state index contributed by atoms with van der Waals surface area (Å²) in [4.78, 5) is 8.03. The first-order valence-electron chi connectivity index (χ1n) is 5.90. The van der Waals surface area contributed by atoms with Gasteiger partial charge in [-0.15, -0.1) is 0 Å². The van der Waals surface area contributed by atoms with Crippen molar-refractivity contribution in [3.63, 3.8) is 0 Å². The summed E-state index contributed by atoms with van der Waals surface area (Å²) in [6.07, 6.45) is 5.56. The van der Waals surface area contributed by atoms with Crippen LogP contribution in [-0.4, -0.2) is 38.4 Å². The zero-order chi connectivity index (χ0) is 14.9. The molecule has 0 saturated carbocycles. The third-order valence-electron chi connectivity index (χ3n) is 2.73. The lowest BCUT2D eigenvalue weighted by Gasteiger charge is -2.07. The normalized spacial score (nSPS) is 11.5. The van der Waals surface area contributed by atoms with E-state index in [0.29, 0.717) is 17.2 Å². The summed E-state index contributed by atoms with van der Waals surface area (Å²) in [5, 5.41) is 10.2. The molecule has 0 aromatic carbocycles. The number of aromatic amines is 1. The highest BCUT2D eigenvalue weighted by atomic mass is 32.2. The van der Waals surface area contributed by atoms with Gasteiger partial charge in [0.05, 0.1) is 23.8 Å². The van der Waals surface area contributed by atoms with Crippen LogP contribution < -0.4 is 4.72 Å².